The van der Waals surface area contributed by atoms with Crippen molar-refractivity contribution in [1.29, 1.82) is 0 Å². The van der Waals surface area contributed by atoms with Crippen LogP contribution >= 0.6 is 0 Å². The highest BCUT2D eigenvalue weighted by Crippen LogP contribution is 2.46. The van der Waals surface area contributed by atoms with Crippen LogP contribution in [0.1, 0.15) is 24.0 Å². The molecule has 0 amide bonds. The summed E-state index contributed by atoms with van der Waals surface area (Å²) in [6, 6.07) is 6.11. The van der Waals surface area contributed by atoms with E-state index in [9.17, 15) is 0 Å². The first-order valence-corrected chi connectivity index (χ1v) is 3.19. The molecule has 1 aromatic carbocycles. The minimum atomic E-state index is 0.639. The summed E-state index contributed by atoms with van der Waals surface area (Å²) >= 11 is 0. The van der Waals surface area contributed by atoms with E-state index in [1.807, 2.05) is 12.1 Å². The first kappa shape index (κ1) is 4.86. The molecule has 1 atom stereocenters. The maximum Gasteiger partial charge on any atom is 0.0355 e. The third-order valence-electron chi connectivity index (χ3n) is 1.99. The molecule has 2 rings (SSSR count). The summed E-state index contributed by atoms with van der Waals surface area (Å²) in [5, 5.41) is 0. The van der Waals surface area contributed by atoms with Gasteiger partial charge in [-0.2, -0.15) is 0 Å². The second-order valence-corrected chi connectivity index (χ2v) is 2.57. The lowest BCUT2D eigenvalue weighted by Crippen LogP contribution is -1.81. The fraction of sp³-hybridized carbons (Fsp3) is 0.250. The zero-order chi connectivity index (χ0) is 6.43. The third-order valence-corrected chi connectivity index (χ3v) is 1.99. The van der Waals surface area contributed by atoms with E-state index >= 15 is 0 Å². The van der Waals surface area contributed by atoms with E-state index in [0.29, 0.717) is 5.92 Å². The average Bonchev–Trinajstić information content (AvgIpc) is 2.45. The van der Waals surface area contributed by atoms with Crippen LogP contribution in [0, 0.1) is 0 Å². The summed E-state index contributed by atoms with van der Waals surface area (Å²) in [7, 11) is 0. The topological polar surface area (TPSA) is 26.0 Å². The van der Waals surface area contributed by atoms with E-state index < -0.39 is 0 Å². The number of nitrogens with two attached hydrogens (primary N) is 1. The van der Waals surface area contributed by atoms with E-state index in [1.165, 1.54) is 11.1 Å². The number of nitrogen functional groups attached to an aromatic ring is 1. The van der Waals surface area contributed by atoms with Gasteiger partial charge in [0.05, 0.1) is 0 Å². The van der Waals surface area contributed by atoms with Crippen molar-refractivity contribution in [3.05, 3.63) is 29.3 Å². The van der Waals surface area contributed by atoms with Crippen LogP contribution in [0.3, 0.4) is 0 Å². The van der Waals surface area contributed by atoms with Crippen LogP contribution < -0.4 is 5.73 Å². The second kappa shape index (κ2) is 1.29. The molecular weight excluding hydrogens is 110 g/mol. The molecule has 1 heteroatoms. The summed E-state index contributed by atoms with van der Waals surface area (Å²) in [6.45, 7) is 2.18. The molecule has 0 spiro atoms. The zero-order valence-electron chi connectivity index (χ0n) is 5.39. The van der Waals surface area contributed by atoms with Crippen LogP contribution in [-0.4, -0.2) is 0 Å². The van der Waals surface area contributed by atoms with Gasteiger partial charge in [-0.15, -0.1) is 0 Å². The molecule has 0 fully saturated rings. The van der Waals surface area contributed by atoms with Gasteiger partial charge < -0.3 is 5.73 Å². The second-order valence-electron chi connectivity index (χ2n) is 2.57. The number of rotatable bonds is 0. The maximum atomic E-state index is 5.66. The van der Waals surface area contributed by atoms with Crippen molar-refractivity contribution in [2.75, 3.05) is 5.73 Å². The smallest absolute Gasteiger partial charge is 0.0355 e. The van der Waals surface area contributed by atoms with Gasteiger partial charge in [0, 0.05) is 11.6 Å². The fourth-order valence-corrected chi connectivity index (χ4v) is 1.35. The minimum Gasteiger partial charge on any atom is -0.398 e. The van der Waals surface area contributed by atoms with Crippen molar-refractivity contribution >= 4 is 5.69 Å². The Morgan fingerprint density at radius 1 is 1.44 bits per heavy atom. The van der Waals surface area contributed by atoms with Crippen molar-refractivity contribution in [1.82, 2.24) is 0 Å². The lowest BCUT2D eigenvalue weighted by molar-refractivity contribution is 1.15. The van der Waals surface area contributed by atoms with Gasteiger partial charge in [-0.3, -0.25) is 0 Å². The molecule has 0 aliphatic heterocycles. The molecule has 0 saturated heterocycles. The molecule has 1 aliphatic rings. The van der Waals surface area contributed by atoms with Crippen molar-refractivity contribution in [3.8, 4) is 0 Å². The molecule has 0 radical (unpaired) electrons. The molecule has 1 unspecified atom stereocenters. The number of fused-ring (bicyclic) bond motifs is 1. The highest BCUT2D eigenvalue weighted by Gasteiger charge is 2.29. The molecule has 2 N–H and O–H groups in total. The summed E-state index contributed by atoms with van der Waals surface area (Å²) < 4.78 is 0. The first-order chi connectivity index (χ1) is 4.30. The predicted molar refractivity (Wildman–Crippen MR) is 38.4 cm³/mol. The van der Waals surface area contributed by atoms with Gasteiger partial charge in [-0.1, -0.05) is 19.1 Å². The van der Waals surface area contributed by atoms with Crippen LogP contribution in [0.5, 0.6) is 0 Å². The van der Waals surface area contributed by atoms with Gasteiger partial charge in [0.15, 0.2) is 0 Å². The predicted octanol–water partition coefficient (Wildman–Crippen LogP) is 1.73. The van der Waals surface area contributed by atoms with E-state index in [4.69, 9.17) is 5.73 Å². The molecule has 0 saturated carbocycles. The Kier molecular flexibility index (Phi) is 0.699. The highest BCUT2D eigenvalue weighted by molar-refractivity contribution is 5.66. The Balaban J connectivity index is 2.61. The van der Waals surface area contributed by atoms with Gasteiger partial charge in [0.1, 0.15) is 0 Å². The highest BCUT2D eigenvalue weighted by atomic mass is 14.6. The summed E-state index contributed by atoms with van der Waals surface area (Å²) in [4.78, 5) is 0. The molecule has 0 heterocycles. The van der Waals surface area contributed by atoms with E-state index in [2.05, 4.69) is 13.0 Å². The zero-order valence-corrected chi connectivity index (χ0v) is 5.39. The van der Waals surface area contributed by atoms with Gasteiger partial charge in [-0.25, -0.2) is 0 Å². The fourth-order valence-electron chi connectivity index (χ4n) is 1.35. The Labute approximate surface area is 54.5 Å². The number of hydrogen-bond donors (Lipinski definition) is 1. The Hall–Kier alpha value is -0.980. The lowest BCUT2D eigenvalue weighted by Gasteiger charge is -1.84. The minimum absolute atomic E-state index is 0.639. The van der Waals surface area contributed by atoms with Gasteiger partial charge >= 0.3 is 0 Å². The molecule has 0 aromatic heterocycles. The average molecular weight is 119 g/mol. The van der Waals surface area contributed by atoms with Crippen LogP contribution in [0.15, 0.2) is 18.2 Å². The molecule has 1 aliphatic carbocycles. The molecule has 46 valence electrons. The maximum absolute atomic E-state index is 5.66. The standard InChI is InChI=1S/C8H9N/c1-5-6-3-2-4-7(9)8(5)6/h2-5H,9H2,1H3. The first-order valence-electron chi connectivity index (χ1n) is 3.19. The molecular formula is C8H9N. The Morgan fingerprint density at radius 2 is 2.22 bits per heavy atom. The van der Waals surface area contributed by atoms with E-state index in [1.54, 1.807) is 0 Å². The Bertz CT molecular complexity index is 253. The van der Waals surface area contributed by atoms with Crippen molar-refractivity contribution in [2.24, 2.45) is 0 Å². The monoisotopic (exact) mass is 119 g/mol. The van der Waals surface area contributed by atoms with E-state index in [-0.39, 0.29) is 0 Å². The third kappa shape index (κ3) is 0.489. The van der Waals surface area contributed by atoms with Crippen molar-refractivity contribution < 1.29 is 0 Å². The Morgan fingerprint density at radius 3 is 2.78 bits per heavy atom. The largest absolute Gasteiger partial charge is 0.398 e. The van der Waals surface area contributed by atoms with E-state index in [0.717, 1.165) is 5.69 Å². The van der Waals surface area contributed by atoms with Crippen molar-refractivity contribution in [3.63, 3.8) is 0 Å². The van der Waals surface area contributed by atoms with Gasteiger partial charge in [0.25, 0.3) is 0 Å². The van der Waals surface area contributed by atoms with Gasteiger partial charge in [0.2, 0.25) is 0 Å². The molecule has 0 bridgehead atoms. The molecule has 1 nitrogen and oxygen atoms in total. The summed E-state index contributed by atoms with van der Waals surface area (Å²) in [5.74, 6) is 0.639. The normalized spacial score (nSPS) is 21.2. The molecule has 9 heavy (non-hydrogen) atoms. The molecule has 1 aromatic rings. The quantitative estimate of drug-likeness (QED) is 0.517. The van der Waals surface area contributed by atoms with Crippen LogP contribution in [0.2, 0.25) is 0 Å². The number of hydrogen-bond acceptors (Lipinski definition) is 1. The number of anilines is 1. The lowest BCUT2D eigenvalue weighted by atomic mass is 10.3. The van der Waals surface area contributed by atoms with Gasteiger partial charge in [-0.05, 0) is 17.2 Å². The van der Waals surface area contributed by atoms with Crippen LogP contribution in [0.25, 0.3) is 0 Å². The van der Waals surface area contributed by atoms with Crippen LogP contribution in [0.4, 0.5) is 5.69 Å². The van der Waals surface area contributed by atoms with Crippen molar-refractivity contribution in [2.45, 2.75) is 12.8 Å². The number of benzene rings is 1. The SMILES string of the molecule is CC1c2cccc(N)c21. The van der Waals surface area contributed by atoms with Crippen LogP contribution in [-0.2, 0) is 0 Å². The summed E-state index contributed by atoms with van der Waals surface area (Å²) in [6.07, 6.45) is 0. The summed E-state index contributed by atoms with van der Waals surface area (Å²) in [5.41, 5.74) is 9.41.